The molecule has 0 aliphatic heterocycles. The quantitative estimate of drug-likeness (QED) is 0.851. The minimum Gasteiger partial charge on any atom is -0.326 e. The Hall–Kier alpha value is -1.23. The first-order chi connectivity index (χ1) is 9.72. The van der Waals surface area contributed by atoms with Crippen molar-refractivity contribution >= 4 is 11.3 Å². The van der Waals surface area contributed by atoms with Crippen LogP contribution in [0.25, 0.3) is 0 Å². The fourth-order valence-electron chi connectivity index (χ4n) is 2.48. The molecule has 2 atom stereocenters. The predicted octanol–water partition coefficient (Wildman–Crippen LogP) is 3.10. The number of aromatic nitrogens is 1. The highest BCUT2D eigenvalue weighted by Gasteiger charge is 2.23. The molecule has 2 heterocycles. The third-order valence-corrected chi connectivity index (χ3v) is 4.60. The van der Waals surface area contributed by atoms with Crippen molar-refractivity contribution < 1.29 is 0 Å². The van der Waals surface area contributed by atoms with Gasteiger partial charge in [-0.3, -0.25) is 9.88 Å². The Kier molecular flexibility index (Phi) is 5.71. The molecule has 0 amide bonds. The summed E-state index contributed by atoms with van der Waals surface area (Å²) >= 11 is 1.82. The van der Waals surface area contributed by atoms with Gasteiger partial charge in [-0.1, -0.05) is 19.1 Å². The van der Waals surface area contributed by atoms with Crippen LogP contribution in [-0.2, 0) is 6.42 Å². The molecule has 20 heavy (non-hydrogen) atoms. The van der Waals surface area contributed by atoms with Gasteiger partial charge in [0.15, 0.2) is 0 Å². The van der Waals surface area contributed by atoms with Crippen molar-refractivity contribution in [2.75, 3.05) is 13.6 Å². The average molecular weight is 289 g/mol. The lowest BCUT2D eigenvalue weighted by molar-refractivity contribution is 0.212. The van der Waals surface area contributed by atoms with Crippen LogP contribution in [0.3, 0.4) is 0 Å². The molecule has 0 bridgehead atoms. The molecule has 2 unspecified atom stereocenters. The molecule has 4 heteroatoms. The van der Waals surface area contributed by atoms with E-state index in [0.717, 1.165) is 19.4 Å². The maximum atomic E-state index is 6.33. The first-order valence-corrected chi connectivity index (χ1v) is 7.98. The summed E-state index contributed by atoms with van der Waals surface area (Å²) in [4.78, 5) is 8.01. The molecule has 0 saturated heterocycles. The normalized spacial score (nSPS) is 14.4. The van der Waals surface area contributed by atoms with E-state index in [4.69, 9.17) is 5.73 Å². The zero-order valence-electron chi connectivity index (χ0n) is 12.2. The Bertz CT molecular complexity index is 484. The molecule has 0 fully saturated rings. The van der Waals surface area contributed by atoms with Crippen LogP contribution in [0, 0.1) is 0 Å². The van der Waals surface area contributed by atoms with Crippen LogP contribution in [0.1, 0.15) is 29.8 Å². The third-order valence-electron chi connectivity index (χ3n) is 3.67. The summed E-state index contributed by atoms with van der Waals surface area (Å²) < 4.78 is 0. The third kappa shape index (κ3) is 3.88. The standard InChI is InChI=1S/C16H23N3S/c1-3-15(17)16(13-6-4-9-18-12-13)19(2)10-8-14-7-5-11-20-14/h4-7,9,11-12,15-16H,3,8,10,17H2,1-2H3. The summed E-state index contributed by atoms with van der Waals surface area (Å²) in [6.45, 7) is 3.15. The summed E-state index contributed by atoms with van der Waals surface area (Å²) in [5.41, 5.74) is 7.54. The molecule has 0 aliphatic rings. The SMILES string of the molecule is CCC(N)C(c1cccnc1)N(C)CCc1cccs1. The summed E-state index contributed by atoms with van der Waals surface area (Å²) in [7, 11) is 2.15. The van der Waals surface area contributed by atoms with Crippen molar-refractivity contribution in [3.05, 3.63) is 52.5 Å². The Balaban J connectivity index is 2.06. The summed E-state index contributed by atoms with van der Waals surface area (Å²) in [6, 6.07) is 8.77. The number of nitrogens with zero attached hydrogens (tertiary/aromatic N) is 2. The summed E-state index contributed by atoms with van der Waals surface area (Å²) in [5.74, 6) is 0. The zero-order valence-corrected chi connectivity index (χ0v) is 13.0. The molecule has 0 radical (unpaired) electrons. The molecule has 2 N–H and O–H groups in total. The number of hydrogen-bond donors (Lipinski definition) is 1. The molecular weight excluding hydrogens is 266 g/mol. The van der Waals surface area contributed by atoms with Crippen LogP contribution in [-0.4, -0.2) is 29.5 Å². The molecule has 0 spiro atoms. The Morgan fingerprint density at radius 3 is 2.80 bits per heavy atom. The van der Waals surface area contributed by atoms with Gasteiger partial charge in [0.2, 0.25) is 0 Å². The molecule has 2 aromatic rings. The lowest BCUT2D eigenvalue weighted by atomic mass is 9.98. The van der Waals surface area contributed by atoms with E-state index >= 15 is 0 Å². The highest BCUT2D eigenvalue weighted by molar-refractivity contribution is 7.09. The van der Waals surface area contributed by atoms with Crippen molar-refractivity contribution in [2.45, 2.75) is 31.8 Å². The zero-order chi connectivity index (χ0) is 14.4. The minimum atomic E-state index is 0.132. The van der Waals surface area contributed by atoms with E-state index in [-0.39, 0.29) is 12.1 Å². The fourth-order valence-corrected chi connectivity index (χ4v) is 3.18. The minimum absolute atomic E-state index is 0.132. The van der Waals surface area contributed by atoms with E-state index < -0.39 is 0 Å². The van der Waals surface area contributed by atoms with Crippen molar-refractivity contribution in [1.29, 1.82) is 0 Å². The number of hydrogen-bond acceptors (Lipinski definition) is 4. The van der Waals surface area contributed by atoms with Gasteiger partial charge in [-0.15, -0.1) is 11.3 Å². The molecule has 2 rings (SSSR count). The Labute approximate surface area is 125 Å². The van der Waals surface area contributed by atoms with Crippen molar-refractivity contribution in [3.8, 4) is 0 Å². The van der Waals surface area contributed by atoms with Crippen LogP contribution >= 0.6 is 11.3 Å². The molecule has 0 aromatic carbocycles. The van der Waals surface area contributed by atoms with Crippen molar-refractivity contribution in [3.63, 3.8) is 0 Å². The number of rotatable bonds is 7. The van der Waals surface area contributed by atoms with E-state index in [2.05, 4.69) is 47.4 Å². The van der Waals surface area contributed by atoms with Gasteiger partial charge in [0.1, 0.15) is 0 Å². The van der Waals surface area contributed by atoms with Crippen LogP contribution in [0.5, 0.6) is 0 Å². The molecule has 3 nitrogen and oxygen atoms in total. The van der Waals surface area contributed by atoms with Gasteiger partial charge in [-0.25, -0.2) is 0 Å². The van der Waals surface area contributed by atoms with Gasteiger partial charge in [0, 0.05) is 29.9 Å². The van der Waals surface area contributed by atoms with E-state index in [0.29, 0.717) is 0 Å². The topological polar surface area (TPSA) is 42.1 Å². The van der Waals surface area contributed by atoms with Gasteiger partial charge in [-0.2, -0.15) is 0 Å². The van der Waals surface area contributed by atoms with E-state index in [1.165, 1.54) is 10.4 Å². The number of nitrogens with two attached hydrogens (primary N) is 1. The molecule has 108 valence electrons. The monoisotopic (exact) mass is 289 g/mol. The second-order valence-electron chi connectivity index (χ2n) is 5.11. The van der Waals surface area contributed by atoms with Gasteiger partial charge in [-0.05, 0) is 43.0 Å². The first-order valence-electron chi connectivity index (χ1n) is 7.10. The lowest BCUT2D eigenvalue weighted by Crippen LogP contribution is -2.39. The van der Waals surface area contributed by atoms with Crippen LogP contribution in [0.2, 0.25) is 0 Å². The lowest BCUT2D eigenvalue weighted by Gasteiger charge is -2.32. The number of likely N-dealkylation sites (N-methyl/N-ethyl adjacent to an activating group) is 1. The fraction of sp³-hybridized carbons (Fsp3) is 0.438. The maximum Gasteiger partial charge on any atom is 0.0511 e. The maximum absolute atomic E-state index is 6.33. The predicted molar refractivity (Wildman–Crippen MR) is 85.9 cm³/mol. The van der Waals surface area contributed by atoms with E-state index in [1.54, 1.807) is 0 Å². The van der Waals surface area contributed by atoms with E-state index in [1.807, 2.05) is 29.8 Å². The second kappa shape index (κ2) is 7.53. The highest BCUT2D eigenvalue weighted by atomic mass is 32.1. The van der Waals surface area contributed by atoms with Crippen molar-refractivity contribution in [2.24, 2.45) is 5.73 Å². The van der Waals surface area contributed by atoms with Gasteiger partial charge in [0.25, 0.3) is 0 Å². The van der Waals surface area contributed by atoms with Crippen LogP contribution in [0.4, 0.5) is 0 Å². The molecule has 0 aliphatic carbocycles. The number of pyridine rings is 1. The smallest absolute Gasteiger partial charge is 0.0511 e. The molecular formula is C16H23N3S. The van der Waals surface area contributed by atoms with Crippen molar-refractivity contribution in [1.82, 2.24) is 9.88 Å². The Morgan fingerprint density at radius 2 is 2.20 bits per heavy atom. The largest absolute Gasteiger partial charge is 0.326 e. The van der Waals surface area contributed by atoms with Crippen LogP contribution < -0.4 is 5.73 Å². The van der Waals surface area contributed by atoms with Gasteiger partial charge >= 0.3 is 0 Å². The van der Waals surface area contributed by atoms with Crippen LogP contribution in [0.15, 0.2) is 42.0 Å². The second-order valence-corrected chi connectivity index (χ2v) is 6.15. The summed E-state index contributed by atoms with van der Waals surface area (Å²) in [6.07, 6.45) is 5.77. The van der Waals surface area contributed by atoms with E-state index in [9.17, 15) is 0 Å². The molecule has 0 saturated carbocycles. The first kappa shape index (κ1) is 15.2. The van der Waals surface area contributed by atoms with Gasteiger partial charge < -0.3 is 5.73 Å². The van der Waals surface area contributed by atoms with Gasteiger partial charge in [0.05, 0.1) is 6.04 Å². The Morgan fingerprint density at radius 1 is 1.35 bits per heavy atom. The highest BCUT2D eigenvalue weighted by Crippen LogP contribution is 2.23. The molecule has 2 aromatic heterocycles. The number of thiophene rings is 1. The summed E-state index contributed by atoms with van der Waals surface area (Å²) in [5, 5.41) is 2.13. The average Bonchev–Trinajstić information content (AvgIpc) is 2.99.